The van der Waals surface area contributed by atoms with Crippen LogP contribution in [0.25, 0.3) is 16.9 Å². The zero-order chi connectivity index (χ0) is 22.8. The van der Waals surface area contributed by atoms with Gasteiger partial charge in [-0.3, -0.25) is 9.59 Å². The Hall–Kier alpha value is -3.97. The maximum Gasteiger partial charge on any atom is 0.274 e. The number of carbonyl (C=O) groups is 2. The average Bonchev–Trinajstić information content (AvgIpc) is 3.54. The Morgan fingerprint density at radius 1 is 0.879 bits per heavy atom. The van der Waals surface area contributed by atoms with Gasteiger partial charge in [-0.1, -0.05) is 47.1 Å². The standard InChI is InChI=1S/C25H20ClN5O2/c26-18-8-6-17(7-9-18)24(32)27-20-12-14-21(15-13-20)31-23(16-4-2-1-3-5-16)22(29-30-31)25(33)28-19-10-11-19/h1-9,12-15,19H,10-11H2,(H,27,32)(H,28,33). The zero-order valence-electron chi connectivity index (χ0n) is 17.5. The lowest BCUT2D eigenvalue weighted by Gasteiger charge is -2.10. The highest BCUT2D eigenvalue weighted by atomic mass is 35.5. The van der Waals surface area contributed by atoms with Crippen LogP contribution in [0, 0.1) is 0 Å². The van der Waals surface area contributed by atoms with Gasteiger partial charge in [0.25, 0.3) is 11.8 Å². The van der Waals surface area contributed by atoms with E-state index in [2.05, 4.69) is 20.9 Å². The average molecular weight is 458 g/mol. The number of nitrogens with zero attached hydrogens (tertiary/aromatic N) is 3. The highest BCUT2D eigenvalue weighted by Crippen LogP contribution is 2.27. The minimum absolute atomic E-state index is 0.217. The molecular formula is C25H20ClN5O2. The van der Waals surface area contributed by atoms with E-state index in [1.165, 1.54) is 0 Å². The minimum Gasteiger partial charge on any atom is -0.348 e. The van der Waals surface area contributed by atoms with Gasteiger partial charge in [0.05, 0.1) is 5.69 Å². The lowest BCUT2D eigenvalue weighted by atomic mass is 10.1. The van der Waals surface area contributed by atoms with Crippen molar-refractivity contribution in [2.24, 2.45) is 0 Å². The summed E-state index contributed by atoms with van der Waals surface area (Å²) in [6.07, 6.45) is 1.98. The fourth-order valence-corrected chi connectivity index (χ4v) is 3.57. The van der Waals surface area contributed by atoms with Crippen LogP contribution in [0.5, 0.6) is 0 Å². The molecule has 0 atom stereocenters. The summed E-state index contributed by atoms with van der Waals surface area (Å²) in [5, 5.41) is 14.9. The lowest BCUT2D eigenvalue weighted by molar-refractivity contribution is 0.0946. The van der Waals surface area contributed by atoms with Crippen LogP contribution < -0.4 is 10.6 Å². The predicted molar refractivity (Wildman–Crippen MR) is 127 cm³/mol. The molecule has 33 heavy (non-hydrogen) atoms. The first-order valence-electron chi connectivity index (χ1n) is 10.6. The molecule has 164 valence electrons. The van der Waals surface area contributed by atoms with Gasteiger partial charge in [0, 0.05) is 27.9 Å². The number of hydrogen-bond donors (Lipinski definition) is 2. The van der Waals surface area contributed by atoms with Gasteiger partial charge in [-0.05, 0) is 61.4 Å². The molecule has 0 unspecified atom stereocenters. The highest BCUT2D eigenvalue weighted by Gasteiger charge is 2.28. The normalized spacial score (nSPS) is 12.9. The lowest BCUT2D eigenvalue weighted by Crippen LogP contribution is -2.26. The Labute approximate surface area is 195 Å². The van der Waals surface area contributed by atoms with Crippen molar-refractivity contribution in [2.75, 3.05) is 5.32 Å². The van der Waals surface area contributed by atoms with Crippen LogP contribution in [0.4, 0.5) is 5.69 Å². The van der Waals surface area contributed by atoms with E-state index in [1.54, 1.807) is 41.1 Å². The molecule has 1 saturated carbocycles. The number of amides is 2. The van der Waals surface area contributed by atoms with Gasteiger partial charge in [-0.2, -0.15) is 0 Å². The van der Waals surface area contributed by atoms with E-state index in [4.69, 9.17) is 11.6 Å². The first-order chi connectivity index (χ1) is 16.1. The Balaban J connectivity index is 1.43. The Kier molecular flexibility index (Phi) is 5.62. The quantitative estimate of drug-likeness (QED) is 0.438. The second-order valence-electron chi connectivity index (χ2n) is 7.82. The first-order valence-corrected chi connectivity index (χ1v) is 11.0. The van der Waals surface area contributed by atoms with Gasteiger partial charge in [-0.15, -0.1) is 5.10 Å². The van der Waals surface area contributed by atoms with Crippen LogP contribution in [0.3, 0.4) is 0 Å². The van der Waals surface area contributed by atoms with Gasteiger partial charge < -0.3 is 10.6 Å². The van der Waals surface area contributed by atoms with E-state index in [1.807, 2.05) is 42.5 Å². The van der Waals surface area contributed by atoms with Crippen molar-refractivity contribution in [1.29, 1.82) is 0 Å². The SMILES string of the molecule is O=C(Nc1ccc(-n2nnc(C(=O)NC3CC3)c2-c2ccccc2)cc1)c1ccc(Cl)cc1. The number of anilines is 1. The largest absolute Gasteiger partial charge is 0.348 e. The van der Waals surface area contributed by atoms with E-state index in [-0.39, 0.29) is 23.6 Å². The fraction of sp³-hybridized carbons (Fsp3) is 0.120. The minimum atomic E-state index is -0.232. The summed E-state index contributed by atoms with van der Waals surface area (Å²) < 4.78 is 1.64. The molecule has 0 saturated heterocycles. The maximum absolute atomic E-state index is 12.8. The summed E-state index contributed by atoms with van der Waals surface area (Å²) in [6.45, 7) is 0. The first kappa shape index (κ1) is 20.9. The molecule has 1 aromatic heterocycles. The number of rotatable bonds is 6. The summed E-state index contributed by atoms with van der Waals surface area (Å²) in [4.78, 5) is 25.2. The van der Waals surface area contributed by atoms with Crippen LogP contribution in [0.2, 0.25) is 5.02 Å². The summed E-state index contributed by atoms with van der Waals surface area (Å²) in [5.41, 5.74) is 3.60. The topological polar surface area (TPSA) is 88.9 Å². The molecule has 0 bridgehead atoms. The van der Waals surface area contributed by atoms with Crippen molar-refractivity contribution >= 4 is 29.1 Å². The zero-order valence-corrected chi connectivity index (χ0v) is 18.3. The van der Waals surface area contributed by atoms with Crippen molar-refractivity contribution < 1.29 is 9.59 Å². The van der Waals surface area contributed by atoms with E-state index in [0.717, 1.165) is 24.1 Å². The Morgan fingerprint density at radius 2 is 1.58 bits per heavy atom. The van der Waals surface area contributed by atoms with Crippen LogP contribution >= 0.6 is 11.6 Å². The number of aromatic nitrogens is 3. The summed E-state index contributed by atoms with van der Waals surface area (Å²) in [5.74, 6) is -0.460. The fourth-order valence-electron chi connectivity index (χ4n) is 3.44. The van der Waals surface area contributed by atoms with Crippen LogP contribution in [-0.2, 0) is 0 Å². The maximum atomic E-state index is 12.8. The van der Waals surface area contributed by atoms with Gasteiger partial charge >= 0.3 is 0 Å². The number of carbonyl (C=O) groups excluding carboxylic acids is 2. The molecule has 0 spiro atoms. The number of benzene rings is 3. The van der Waals surface area contributed by atoms with Crippen LogP contribution in [-0.4, -0.2) is 32.9 Å². The molecular weight excluding hydrogens is 438 g/mol. The number of halogens is 1. The smallest absolute Gasteiger partial charge is 0.274 e. The van der Waals surface area contributed by atoms with Gasteiger partial charge in [0.15, 0.2) is 5.69 Å². The van der Waals surface area contributed by atoms with Gasteiger partial charge in [0.1, 0.15) is 5.69 Å². The molecule has 1 aliphatic carbocycles. The Bertz CT molecular complexity index is 1300. The molecule has 1 heterocycles. The molecule has 1 aliphatic rings. The monoisotopic (exact) mass is 457 g/mol. The molecule has 3 aromatic carbocycles. The van der Waals surface area contributed by atoms with Crippen molar-refractivity contribution in [2.45, 2.75) is 18.9 Å². The molecule has 5 rings (SSSR count). The van der Waals surface area contributed by atoms with E-state index in [9.17, 15) is 9.59 Å². The Morgan fingerprint density at radius 3 is 2.24 bits per heavy atom. The summed E-state index contributed by atoms with van der Waals surface area (Å²) in [7, 11) is 0. The molecule has 2 amide bonds. The van der Waals surface area contributed by atoms with Gasteiger partial charge in [-0.25, -0.2) is 4.68 Å². The van der Waals surface area contributed by atoms with Crippen molar-refractivity contribution in [3.05, 3.63) is 95.1 Å². The molecule has 0 radical (unpaired) electrons. The number of hydrogen-bond acceptors (Lipinski definition) is 4. The predicted octanol–water partition coefficient (Wildman–Crippen LogP) is 4.73. The second kappa shape index (κ2) is 8.88. The van der Waals surface area contributed by atoms with E-state index in [0.29, 0.717) is 22.0 Å². The van der Waals surface area contributed by atoms with Crippen LogP contribution in [0.1, 0.15) is 33.7 Å². The van der Waals surface area contributed by atoms with Crippen LogP contribution in [0.15, 0.2) is 78.9 Å². The molecule has 8 heteroatoms. The summed E-state index contributed by atoms with van der Waals surface area (Å²) in [6, 6.07) is 23.7. The third-order valence-electron chi connectivity index (χ3n) is 5.32. The summed E-state index contributed by atoms with van der Waals surface area (Å²) >= 11 is 5.89. The molecule has 7 nitrogen and oxygen atoms in total. The van der Waals surface area contributed by atoms with E-state index >= 15 is 0 Å². The molecule has 1 fully saturated rings. The van der Waals surface area contributed by atoms with Crippen molar-refractivity contribution in [1.82, 2.24) is 20.3 Å². The van der Waals surface area contributed by atoms with Crippen molar-refractivity contribution in [3.8, 4) is 16.9 Å². The van der Waals surface area contributed by atoms with E-state index < -0.39 is 0 Å². The third-order valence-corrected chi connectivity index (χ3v) is 5.57. The molecule has 4 aromatic rings. The van der Waals surface area contributed by atoms with Gasteiger partial charge in [0.2, 0.25) is 0 Å². The highest BCUT2D eigenvalue weighted by molar-refractivity contribution is 6.30. The molecule has 2 N–H and O–H groups in total. The third kappa shape index (κ3) is 4.63. The molecule has 0 aliphatic heterocycles. The second-order valence-corrected chi connectivity index (χ2v) is 8.26. The van der Waals surface area contributed by atoms with Crippen molar-refractivity contribution in [3.63, 3.8) is 0 Å². The number of nitrogens with one attached hydrogen (secondary N) is 2.